The number of hydrogen-bond donors (Lipinski definition) is 2. The molecule has 0 amide bonds. The van der Waals surface area contributed by atoms with Crippen LogP contribution in [0.3, 0.4) is 0 Å². The van der Waals surface area contributed by atoms with Crippen LogP contribution in [-0.2, 0) is 12.8 Å². The molecule has 2 aromatic rings. The van der Waals surface area contributed by atoms with Crippen LogP contribution in [0.4, 0.5) is 0 Å². The Morgan fingerprint density at radius 2 is 1.22 bits per heavy atom. The zero-order valence-corrected chi connectivity index (χ0v) is 14.4. The van der Waals surface area contributed by atoms with Gasteiger partial charge in [0.05, 0.1) is 0 Å². The van der Waals surface area contributed by atoms with E-state index in [0.717, 1.165) is 32.1 Å². The Morgan fingerprint density at radius 1 is 0.826 bits per heavy atom. The van der Waals surface area contributed by atoms with E-state index in [4.69, 9.17) is 0 Å². The highest BCUT2D eigenvalue weighted by Crippen LogP contribution is 2.34. The average molecular weight is 326 g/mol. The monoisotopic (exact) mass is 326 g/mol. The highest BCUT2D eigenvalue weighted by molar-refractivity contribution is 7.99. The number of hydrogen-bond acceptors (Lipinski definition) is 3. The van der Waals surface area contributed by atoms with E-state index in [1.807, 2.05) is 38.1 Å². The van der Waals surface area contributed by atoms with Crippen LogP contribution < -0.4 is 0 Å². The standard InChI is InChI=1S/C20H22O2S/c1-13(2)9-15-11-17(5-7-19(15)21)23-18-6-8-20(22)16(12-18)10-14(3)4/h5-8,11-12,21-22H,1,3,9-10H2,2,4H3. The SMILES string of the molecule is C=C(C)Cc1cc(Sc2ccc(O)c(CC(=C)C)c2)ccc1O. The molecule has 0 bridgehead atoms. The molecule has 2 N–H and O–H groups in total. The van der Waals surface area contributed by atoms with Gasteiger partial charge in [-0.2, -0.15) is 0 Å². The summed E-state index contributed by atoms with van der Waals surface area (Å²) in [6.45, 7) is 11.7. The number of phenols is 2. The Kier molecular flexibility index (Phi) is 5.56. The van der Waals surface area contributed by atoms with E-state index in [-0.39, 0.29) is 0 Å². The zero-order chi connectivity index (χ0) is 17.0. The molecular formula is C20H22O2S. The lowest BCUT2D eigenvalue weighted by molar-refractivity contribution is 0.468. The maximum Gasteiger partial charge on any atom is 0.119 e. The van der Waals surface area contributed by atoms with E-state index in [9.17, 15) is 10.2 Å². The first-order valence-electron chi connectivity index (χ1n) is 7.45. The molecule has 3 heteroatoms. The second-order valence-electron chi connectivity index (χ2n) is 5.95. The van der Waals surface area contributed by atoms with E-state index in [1.54, 1.807) is 23.9 Å². The van der Waals surface area contributed by atoms with Gasteiger partial charge in [-0.25, -0.2) is 0 Å². The minimum absolute atomic E-state index is 0.297. The van der Waals surface area contributed by atoms with Crippen LogP contribution in [0.5, 0.6) is 11.5 Å². The molecule has 23 heavy (non-hydrogen) atoms. The summed E-state index contributed by atoms with van der Waals surface area (Å²) in [5.41, 5.74) is 3.78. The van der Waals surface area contributed by atoms with Crippen molar-refractivity contribution in [3.05, 3.63) is 71.8 Å². The third-order valence-electron chi connectivity index (χ3n) is 3.32. The van der Waals surface area contributed by atoms with Crippen LogP contribution in [0.1, 0.15) is 25.0 Å². The summed E-state index contributed by atoms with van der Waals surface area (Å²) >= 11 is 1.61. The summed E-state index contributed by atoms with van der Waals surface area (Å²) in [6, 6.07) is 11.2. The third-order valence-corrected chi connectivity index (χ3v) is 4.30. The van der Waals surface area contributed by atoms with Gasteiger partial charge in [0.1, 0.15) is 11.5 Å². The van der Waals surface area contributed by atoms with Crippen molar-refractivity contribution in [2.45, 2.75) is 36.5 Å². The Hall–Kier alpha value is -2.13. The van der Waals surface area contributed by atoms with Crippen LogP contribution in [-0.4, -0.2) is 10.2 Å². The molecule has 0 aliphatic heterocycles. The van der Waals surface area contributed by atoms with Gasteiger partial charge in [0.15, 0.2) is 0 Å². The fourth-order valence-electron chi connectivity index (χ4n) is 2.32. The van der Waals surface area contributed by atoms with Crippen molar-refractivity contribution < 1.29 is 10.2 Å². The zero-order valence-electron chi connectivity index (χ0n) is 13.6. The molecule has 2 nitrogen and oxygen atoms in total. The predicted octanol–water partition coefficient (Wildman–Crippen LogP) is 5.49. The average Bonchev–Trinajstić information content (AvgIpc) is 2.45. The predicted molar refractivity (Wildman–Crippen MR) is 97.4 cm³/mol. The molecular weight excluding hydrogens is 304 g/mol. The number of rotatable bonds is 6. The molecule has 0 spiro atoms. The summed E-state index contributed by atoms with van der Waals surface area (Å²) < 4.78 is 0. The van der Waals surface area contributed by atoms with Crippen molar-refractivity contribution in [2.75, 3.05) is 0 Å². The van der Waals surface area contributed by atoms with Gasteiger partial charge in [0, 0.05) is 9.79 Å². The van der Waals surface area contributed by atoms with Gasteiger partial charge in [-0.1, -0.05) is 36.1 Å². The molecule has 0 aromatic heterocycles. The highest BCUT2D eigenvalue weighted by Gasteiger charge is 2.07. The summed E-state index contributed by atoms with van der Waals surface area (Å²) in [7, 11) is 0. The lowest BCUT2D eigenvalue weighted by Gasteiger charge is -2.10. The summed E-state index contributed by atoms with van der Waals surface area (Å²) in [5, 5.41) is 19.9. The minimum atomic E-state index is 0.297. The van der Waals surface area contributed by atoms with Crippen molar-refractivity contribution in [1.82, 2.24) is 0 Å². The Labute approximate surface area is 142 Å². The lowest BCUT2D eigenvalue weighted by atomic mass is 10.1. The van der Waals surface area contributed by atoms with Crippen molar-refractivity contribution in [3.8, 4) is 11.5 Å². The maximum atomic E-state index is 9.94. The van der Waals surface area contributed by atoms with Crippen molar-refractivity contribution >= 4 is 11.8 Å². The van der Waals surface area contributed by atoms with Gasteiger partial charge in [-0.05, 0) is 74.2 Å². The molecule has 0 fully saturated rings. The van der Waals surface area contributed by atoms with E-state index in [0.29, 0.717) is 24.3 Å². The first-order valence-corrected chi connectivity index (χ1v) is 8.27. The molecule has 120 valence electrons. The van der Waals surface area contributed by atoms with Gasteiger partial charge in [-0.3, -0.25) is 0 Å². The van der Waals surface area contributed by atoms with Crippen LogP contribution in [0.15, 0.2) is 70.5 Å². The molecule has 0 aliphatic carbocycles. The molecule has 0 aliphatic rings. The highest BCUT2D eigenvalue weighted by atomic mass is 32.2. The summed E-state index contributed by atoms with van der Waals surface area (Å²) in [4.78, 5) is 2.09. The Bertz CT molecular complexity index is 684. The topological polar surface area (TPSA) is 40.5 Å². The largest absolute Gasteiger partial charge is 0.508 e. The molecule has 0 heterocycles. The van der Waals surface area contributed by atoms with Gasteiger partial charge >= 0.3 is 0 Å². The van der Waals surface area contributed by atoms with Gasteiger partial charge < -0.3 is 10.2 Å². The Morgan fingerprint density at radius 3 is 1.57 bits per heavy atom. The van der Waals surface area contributed by atoms with Crippen LogP contribution in [0.2, 0.25) is 0 Å². The minimum Gasteiger partial charge on any atom is -0.508 e. The quantitative estimate of drug-likeness (QED) is 0.690. The molecule has 0 radical (unpaired) electrons. The number of benzene rings is 2. The van der Waals surface area contributed by atoms with Gasteiger partial charge in [0.25, 0.3) is 0 Å². The Balaban J connectivity index is 2.25. The van der Waals surface area contributed by atoms with Crippen LogP contribution in [0, 0.1) is 0 Å². The second-order valence-corrected chi connectivity index (χ2v) is 7.10. The van der Waals surface area contributed by atoms with Crippen LogP contribution in [0.25, 0.3) is 0 Å². The first-order chi connectivity index (χ1) is 10.8. The normalized spacial score (nSPS) is 10.5. The van der Waals surface area contributed by atoms with E-state index >= 15 is 0 Å². The van der Waals surface area contributed by atoms with Crippen molar-refractivity contribution in [2.24, 2.45) is 0 Å². The molecule has 0 saturated carbocycles. The summed E-state index contributed by atoms with van der Waals surface area (Å²) in [5.74, 6) is 0.594. The smallest absolute Gasteiger partial charge is 0.119 e. The fraction of sp³-hybridized carbons (Fsp3) is 0.200. The molecule has 0 saturated heterocycles. The van der Waals surface area contributed by atoms with Gasteiger partial charge in [0.2, 0.25) is 0 Å². The molecule has 0 atom stereocenters. The number of phenolic OH excluding ortho intramolecular Hbond substituents is 2. The fourth-order valence-corrected chi connectivity index (χ4v) is 3.27. The van der Waals surface area contributed by atoms with E-state index < -0.39 is 0 Å². The van der Waals surface area contributed by atoms with E-state index in [1.165, 1.54) is 0 Å². The van der Waals surface area contributed by atoms with Crippen LogP contribution >= 0.6 is 11.8 Å². The number of aromatic hydroxyl groups is 2. The maximum absolute atomic E-state index is 9.94. The summed E-state index contributed by atoms with van der Waals surface area (Å²) in [6.07, 6.45) is 1.33. The third kappa shape index (κ3) is 4.93. The molecule has 2 rings (SSSR count). The molecule has 0 unspecified atom stereocenters. The van der Waals surface area contributed by atoms with Gasteiger partial charge in [-0.15, -0.1) is 0 Å². The second kappa shape index (κ2) is 7.42. The van der Waals surface area contributed by atoms with Crippen molar-refractivity contribution in [3.63, 3.8) is 0 Å². The lowest BCUT2D eigenvalue weighted by Crippen LogP contribution is -1.89. The molecule has 2 aromatic carbocycles. The van der Waals surface area contributed by atoms with Crippen molar-refractivity contribution in [1.29, 1.82) is 0 Å². The first kappa shape index (κ1) is 17.2. The van der Waals surface area contributed by atoms with E-state index in [2.05, 4.69) is 13.2 Å². The number of allylic oxidation sites excluding steroid dienone is 2.